The zero-order chi connectivity index (χ0) is 21.5. The van der Waals surface area contributed by atoms with Gasteiger partial charge in [-0.05, 0) is 60.7 Å². The second kappa shape index (κ2) is 7.54. The summed E-state index contributed by atoms with van der Waals surface area (Å²) in [6.45, 7) is 5.29. The van der Waals surface area contributed by atoms with Crippen molar-refractivity contribution in [3.63, 3.8) is 0 Å². The molecular formula is C25H24N4O2. The van der Waals surface area contributed by atoms with Gasteiger partial charge in [0, 0.05) is 54.8 Å². The molecule has 3 aromatic heterocycles. The fourth-order valence-electron chi connectivity index (χ4n) is 4.38. The fraction of sp³-hybridized carbons (Fsp3) is 0.240. The standard InChI is InChI=1S/C25H24N4O2/c1-16-7-9-28(10-8-18-12-27-22-6-4-3-5-21(18)22)24(30)23(16)25(31)29-14-19-11-17(2)26-13-20(19)15-29/h3-7,9,11-13,27H,8,10,14-15H2,1-2H3. The topological polar surface area (TPSA) is 71.0 Å². The summed E-state index contributed by atoms with van der Waals surface area (Å²) in [7, 11) is 0. The third-order valence-corrected chi connectivity index (χ3v) is 6.11. The zero-order valence-corrected chi connectivity index (χ0v) is 17.7. The molecule has 0 bridgehead atoms. The number of nitrogens with one attached hydrogen (secondary N) is 1. The SMILES string of the molecule is Cc1cc2c(cn1)CN(C(=O)c1c(C)ccn(CCc3c[nH]c4ccccc34)c1=O)C2. The van der Waals surface area contributed by atoms with E-state index in [1.165, 1.54) is 0 Å². The van der Waals surface area contributed by atoms with Crippen molar-refractivity contribution in [2.24, 2.45) is 0 Å². The minimum Gasteiger partial charge on any atom is -0.361 e. The molecule has 0 unspecified atom stereocenters. The number of pyridine rings is 2. The van der Waals surface area contributed by atoms with Crippen LogP contribution in [-0.4, -0.2) is 25.3 Å². The van der Waals surface area contributed by atoms with E-state index in [1.807, 2.05) is 56.6 Å². The maximum atomic E-state index is 13.3. The van der Waals surface area contributed by atoms with E-state index in [9.17, 15) is 9.59 Å². The number of benzene rings is 1. The minimum absolute atomic E-state index is 0.210. The molecule has 6 nitrogen and oxygen atoms in total. The van der Waals surface area contributed by atoms with Crippen LogP contribution in [0.3, 0.4) is 0 Å². The molecule has 5 rings (SSSR count). The quantitative estimate of drug-likeness (QED) is 0.555. The number of carbonyl (C=O) groups excluding carboxylic acids is 1. The Kier molecular flexibility index (Phi) is 4.70. The van der Waals surface area contributed by atoms with Crippen LogP contribution in [0.5, 0.6) is 0 Å². The van der Waals surface area contributed by atoms with Gasteiger partial charge >= 0.3 is 0 Å². The van der Waals surface area contributed by atoms with E-state index in [0.717, 1.165) is 33.3 Å². The lowest BCUT2D eigenvalue weighted by atomic mass is 10.1. The molecule has 0 aliphatic carbocycles. The lowest BCUT2D eigenvalue weighted by Gasteiger charge is -2.17. The number of H-pyrrole nitrogens is 1. The van der Waals surface area contributed by atoms with Crippen molar-refractivity contribution in [1.82, 2.24) is 19.4 Å². The largest absolute Gasteiger partial charge is 0.361 e. The molecular weight excluding hydrogens is 388 g/mol. The molecule has 0 saturated heterocycles. The molecule has 0 atom stereocenters. The van der Waals surface area contributed by atoms with Crippen LogP contribution in [0.4, 0.5) is 0 Å². The number of hydrogen-bond donors (Lipinski definition) is 1. The molecule has 1 aliphatic rings. The Labute approximate surface area is 180 Å². The summed E-state index contributed by atoms with van der Waals surface area (Å²) in [5.74, 6) is -0.210. The van der Waals surface area contributed by atoms with E-state index in [2.05, 4.69) is 16.0 Å². The second-order valence-electron chi connectivity index (χ2n) is 8.24. The minimum atomic E-state index is -0.227. The molecule has 4 heterocycles. The van der Waals surface area contributed by atoms with Gasteiger partial charge in [0.1, 0.15) is 5.56 Å². The zero-order valence-electron chi connectivity index (χ0n) is 17.7. The van der Waals surface area contributed by atoms with Crippen LogP contribution in [0, 0.1) is 13.8 Å². The molecule has 6 heteroatoms. The van der Waals surface area contributed by atoms with Crippen molar-refractivity contribution < 1.29 is 4.79 Å². The van der Waals surface area contributed by atoms with Crippen LogP contribution in [0.1, 0.15) is 38.3 Å². The Balaban J connectivity index is 1.40. The van der Waals surface area contributed by atoms with E-state index in [4.69, 9.17) is 0 Å². The molecule has 1 aliphatic heterocycles. The van der Waals surface area contributed by atoms with Crippen molar-refractivity contribution in [1.29, 1.82) is 0 Å². The maximum absolute atomic E-state index is 13.3. The third-order valence-electron chi connectivity index (χ3n) is 6.11. The number of fused-ring (bicyclic) bond motifs is 2. The normalized spacial score (nSPS) is 13.0. The van der Waals surface area contributed by atoms with Gasteiger partial charge in [-0.2, -0.15) is 0 Å². The van der Waals surface area contributed by atoms with E-state index in [0.29, 0.717) is 31.6 Å². The molecule has 4 aromatic rings. The molecule has 0 fully saturated rings. The van der Waals surface area contributed by atoms with Gasteiger partial charge in [-0.3, -0.25) is 14.6 Å². The fourth-order valence-corrected chi connectivity index (χ4v) is 4.38. The average molecular weight is 412 g/mol. The first-order valence-electron chi connectivity index (χ1n) is 10.5. The Bertz CT molecular complexity index is 1370. The number of nitrogens with zero attached hydrogens (tertiary/aromatic N) is 3. The molecule has 1 N–H and O–H groups in total. The predicted octanol–water partition coefficient (Wildman–Crippen LogP) is 3.74. The number of amides is 1. The van der Waals surface area contributed by atoms with E-state index in [1.54, 1.807) is 15.7 Å². The molecule has 0 saturated carbocycles. The lowest BCUT2D eigenvalue weighted by Crippen LogP contribution is -2.35. The number of aryl methyl sites for hydroxylation is 4. The van der Waals surface area contributed by atoms with Gasteiger partial charge in [0.05, 0.1) is 0 Å². The van der Waals surface area contributed by atoms with Crippen LogP contribution in [0.15, 0.2) is 59.8 Å². The highest BCUT2D eigenvalue weighted by Gasteiger charge is 2.28. The first-order chi connectivity index (χ1) is 15.0. The summed E-state index contributed by atoms with van der Waals surface area (Å²) >= 11 is 0. The van der Waals surface area contributed by atoms with Crippen LogP contribution in [-0.2, 0) is 26.1 Å². The number of aromatic nitrogens is 3. The van der Waals surface area contributed by atoms with E-state index in [-0.39, 0.29) is 17.0 Å². The summed E-state index contributed by atoms with van der Waals surface area (Å²) in [5.41, 5.74) is 6.08. The van der Waals surface area contributed by atoms with Gasteiger partial charge in [-0.25, -0.2) is 0 Å². The molecule has 156 valence electrons. The number of rotatable bonds is 4. The highest BCUT2D eigenvalue weighted by molar-refractivity contribution is 5.95. The number of hydrogen-bond acceptors (Lipinski definition) is 3. The second-order valence-corrected chi connectivity index (χ2v) is 8.24. The summed E-state index contributed by atoms with van der Waals surface area (Å²) in [6.07, 6.45) is 6.32. The maximum Gasteiger partial charge on any atom is 0.263 e. The summed E-state index contributed by atoms with van der Waals surface area (Å²) in [6, 6.07) is 12.0. The molecule has 31 heavy (non-hydrogen) atoms. The van der Waals surface area contributed by atoms with Gasteiger partial charge in [0.15, 0.2) is 0 Å². The Morgan fingerprint density at radius 1 is 1.13 bits per heavy atom. The number of aromatic amines is 1. The van der Waals surface area contributed by atoms with Crippen molar-refractivity contribution in [2.75, 3.05) is 0 Å². The van der Waals surface area contributed by atoms with Crippen LogP contribution < -0.4 is 5.56 Å². The Hall–Kier alpha value is -3.67. The van der Waals surface area contributed by atoms with Gasteiger partial charge in [0.25, 0.3) is 11.5 Å². The van der Waals surface area contributed by atoms with Crippen LogP contribution in [0.2, 0.25) is 0 Å². The highest BCUT2D eigenvalue weighted by atomic mass is 16.2. The van der Waals surface area contributed by atoms with E-state index >= 15 is 0 Å². The van der Waals surface area contributed by atoms with Crippen molar-refractivity contribution >= 4 is 16.8 Å². The number of para-hydroxylation sites is 1. The van der Waals surface area contributed by atoms with Crippen molar-refractivity contribution in [2.45, 2.75) is 39.9 Å². The van der Waals surface area contributed by atoms with Crippen LogP contribution in [0.25, 0.3) is 10.9 Å². The lowest BCUT2D eigenvalue weighted by molar-refractivity contribution is 0.0748. The third kappa shape index (κ3) is 3.44. The van der Waals surface area contributed by atoms with Gasteiger partial charge < -0.3 is 14.5 Å². The summed E-state index contributed by atoms with van der Waals surface area (Å²) in [5, 5.41) is 1.16. The highest BCUT2D eigenvalue weighted by Crippen LogP contribution is 2.24. The van der Waals surface area contributed by atoms with Crippen LogP contribution >= 0.6 is 0 Å². The molecule has 1 aromatic carbocycles. The molecule has 0 radical (unpaired) electrons. The van der Waals surface area contributed by atoms with E-state index < -0.39 is 0 Å². The van der Waals surface area contributed by atoms with Gasteiger partial charge in [-0.1, -0.05) is 18.2 Å². The molecule has 1 amide bonds. The smallest absolute Gasteiger partial charge is 0.263 e. The Morgan fingerprint density at radius 2 is 1.94 bits per heavy atom. The summed E-state index contributed by atoms with van der Waals surface area (Å²) in [4.78, 5) is 35.9. The first kappa shape index (κ1) is 19.3. The monoisotopic (exact) mass is 412 g/mol. The van der Waals surface area contributed by atoms with Crippen molar-refractivity contribution in [3.8, 4) is 0 Å². The Morgan fingerprint density at radius 3 is 2.81 bits per heavy atom. The summed E-state index contributed by atoms with van der Waals surface area (Å²) < 4.78 is 1.65. The average Bonchev–Trinajstić information content (AvgIpc) is 3.37. The van der Waals surface area contributed by atoms with Gasteiger partial charge in [-0.15, -0.1) is 0 Å². The first-order valence-corrected chi connectivity index (χ1v) is 10.5. The number of carbonyl (C=O) groups is 1. The molecule has 0 spiro atoms. The van der Waals surface area contributed by atoms with Crippen molar-refractivity contribution in [3.05, 3.63) is 98.9 Å². The predicted molar refractivity (Wildman–Crippen MR) is 120 cm³/mol. The van der Waals surface area contributed by atoms with Gasteiger partial charge in [0.2, 0.25) is 0 Å².